The van der Waals surface area contributed by atoms with E-state index in [1.807, 2.05) is 19.9 Å². The van der Waals surface area contributed by atoms with Gasteiger partial charge in [-0.05, 0) is 44.2 Å². The number of benzene rings is 2. The number of halogens is 2. The summed E-state index contributed by atoms with van der Waals surface area (Å²) in [7, 11) is 0. The van der Waals surface area contributed by atoms with Crippen molar-refractivity contribution in [1.82, 2.24) is 0 Å². The monoisotopic (exact) mass is 262 g/mol. The molecule has 0 N–H and O–H groups in total. The summed E-state index contributed by atoms with van der Waals surface area (Å²) < 4.78 is 12.9. The maximum atomic E-state index is 12.9. The molecule has 0 radical (unpaired) electrons. The first kappa shape index (κ1) is 12.8. The Balaban J connectivity index is 2.47. The van der Waals surface area contributed by atoms with Crippen molar-refractivity contribution in [3.8, 4) is 0 Å². The van der Waals surface area contributed by atoms with E-state index in [0.717, 1.165) is 17.2 Å². The third kappa shape index (κ3) is 2.59. The van der Waals surface area contributed by atoms with Crippen LogP contribution in [0.2, 0.25) is 5.02 Å². The van der Waals surface area contributed by atoms with Crippen molar-refractivity contribution in [2.45, 2.75) is 13.8 Å². The Kier molecular flexibility index (Phi) is 3.48. The molecule has 0 aliphatic rings. The first-order valence-corrected chi connectivity index (χ1v) is 5.93. The molecular formula is C15H12ClFO. The van der Waals surface area contributed by atoms with Gasteiger partial charge >= 0.3 is 0 Å². The molecule has 0 saturated carbocycles. The van der Waals surface area contributed by atoms with Crippen molar-refractivity contribution in [1.29, 1.82) is 0 Å². The quantitative estimate of drug-likeness (QED) is 0.737. The van der Waals surface area contributed by atoms with Gasteiger partial charge in [0, 0.05) is 11.1 Å². The molecule has 3 heteroatoms. The normalized spacial score (nSPS) is 10.4. The predicted molar refractivity (Wildman–Crippen MR) is 70.8 cm³/mol. The minimum atomic E-state index is -0.447. The smallest absolute Gasteiger partial charge is 0.194 e. The number of rotatable bonds is 2. The van der Waals surface area contributed by atoms with Crippen molar-refractivity contribution in [3.05, 3.63) is 69.5 Å². The van der Waals surface area contributed by atoms with Gasteiger partial charge in [-0.3, -0.25) is 4.79 Å². The lowest BCUT2D eigenvalue weighted by molar-refractivity contribution is 0.103. The Labute approximate surface area is 110 Å². The van der Waals surface area contributed by atoms with Crippen LogP contribution in [0, 0.1) is 19.7 Å². The molecule has 0 saturated heterocycles. The van der Waals surface area contributed by atoms with Gasteiger partial charge in [-0.1, -0.05) is 28.8 Å². The van der Waals surface area contributed by atoms with Crippen LogP contribution in [0.4, 0.5) is 4.39 Å². The van der Waals surface area contributed by atoms with E-state index < -0.39 is 5.82 Å². The topological polar surface area (TPSA) is 17.1 Å². The van der Waals surface area contributed by atoms with Crippen LogP contribution in [0.5, 0.6) is 0 Å². The lowest BCUT2D eigenvalue weighted by Crippen LogP contribution is -2.03. The van der Waals surface area contributed by atoms with E-state index in [1.165, 1.54) is 12.1 Å². The Morgan fingerprint density at radius 1 is 1.06 bits per heavy atom. The molecule has 2 rings (SSSR count). The van der Waals surface area contributed by atoms with E-state index in [2.05, 4.69) is 0 Å². The van der Waals surface area contributed by atoms with E-state index in [0.29, 0.717) is 11.1 Å². The average molecular weight is 263 g/mol. The second-order valence-electron chi connectivity index (χ2n) is 4.33. The number of hydrogen-bond acceptors (Lipinski definition) is 1. The maximum Gasteiger partial charge on any atom is 0.194 e. The largest absolute Gasteiger partial charge is 0.289 e. The molecule has 18 heavy (non-hydrogen) atoms. The van der Waals surface area contributed by atoms with Gasteiger partial charge in [0.15, 0.2) is 5.78 Å². The summed E-state index contributed by atoms with van der Waals surface area (Å²) in [5.41, 5.74) is 2.91. The third-order valence-electron chi connectivity index (χ3n) is 2.66. The third-order valence-corrected chi connectivity index (χ3v) is 2.97. The van der Waals surface area contributed by atoms with E-state index in [4.69, 9.17) is 11.6 Å². The Bertz CT molecular complexity index is 600. The molecule has 0 heterocycles. The number of hydrogen-bond donors (Lipinski definition) is 0. The molecule has 1 nitrogen and oxygen atoms in total. The summed E-state index contributed by atoms with van der Waals surface area (Å²) in [4.78, 5) is 12.3. The molecule has 92 valence electrons. The van der Waals surface area contributed by atoms with Crippen LogP contribution in [0.15, 0.2) is 36.4 Å². The lowest BCUT2D eigenvalue weighted by Gasteiger charge is -2.06. The van der Waals surface area contributed by atoms with Crippen molar-refractivity contribution in [3.63, 3.8) is 0 Å². The number of carbonyl (C=O) groups is 1. The zero-order valence-corrected chi connectivity index (χ0v) is 10.9. The standard InChI is InChI=1S/C15H12ClFO/c1-9-5-10(2)7-11(6-9)15(18)13-4-3-12(17)8-14(13)16/h3-8H,1-2H3. The van der Waals surface area contributed by atoms with Gasteiger partial charge in [0.2, 0.25) is 0 Å². The molecule has 0 fully saturated rings. The SMILES string of the molecule is Cc1cc(C)cc(C(=O)c2ccc(F)cc2Cl)c1. The number of ketones is 1. The number of carbonyl (C=O) groups excluding carboxylic acids is 1. The van der Waals surface area contributed by atoms with Gasteiger partial charge in [0.1, 0.15) is 5.82 Å². The minimum absolute atomic E-state index is 0.138. The highest BCUT2D eigenvalue weighted by Crippen LogP contribution is 2.21. The van der Waals surface area contributed by atoms with Gasteiger partial charge < -0.3 is 0 Å². The van der Waals surface area contributed by atoms with Crippen molar-refractivity contribution in [2.24, 2.45) is 0 Å². The maximum absolute atomic E-state index is 12.9. The van der Waals surface area contributed by atoms with Gasteiger partial charge in [-0.25, -0.2) is 4.39 Å². The van der Waals surface area contributed by atoms with Crippen LogP contribution in [-0.2, 0) is 0 Å². The van der Waals surface area contributed by atoms with Gasteiger partial charge in [-0.15, -0.1) is 0 Å². The molecule has 2 aromatic carbocycles. The number of aryl methyl sites for hydroxylation is 2. The van der Waals surface area contributed by atoms with E-state index in [9.17, 15) is 9.18 Å². The molecule has 0 aliphatic heterocycles. The molecule has 0 spiro atoms. The summed E-state index contributed by atoms with van der Waals surface area (Å²) in [6, 6.07) is 9.39. The van der Waals surface area contributed by atoms with Crippen LogP contribution in [0.1, 0.15) is 27.0 Å². The van der Waals surface area contributed by atoms with Crippen molar-refractivity contribution in [2.75, 3.05) is 0 Å². The predicted octanol–water partition coefficient (Wildman–Crippen LogP) is 4.33. The molecule has 0 aromatic heterocycles. The second-order valence-corrected chi connectivity index (χ2v) is 4.74. The summed E-state index contributed by atoms with van der Waals surface area (Å²) in [5.74, 6) is -0.635. The summed E-state index contributed by atoms with van der Waals surface area (Å²) in [6.07, 6.45) is 0. The molecular weight excluding hydrogens is 251 g/mol. The highest BCUT2D eigenvalue weighted by atomic mass is 35.5. The van der Waals surface area contributed by atoms with Crippen LogP contribution in [-0.4, -0.2) is 5.78 Å². The molecule has 0 aliphatic carbocycles. The average Bonchev–Trinajstić information content (AvgIpc) is 2.26. The van der Waals surface area contributed by atoms with Crippen LogP contribution in [0.25, 0.3) is 0 Å². The van der Waals surface area contributed by atoms with Crippen molar-refractivity contribution < 1.29 is 9.18 Å². The summed E-state index contributed by atoms with van der Waals surface area (Å²) >= 11 is 5.89. The second kappa shape index (κ2) is 4.91. The van der Waals surface area contributed by atoms with Crippen LogP contribution >= 0.6 is 11.6 Å². The molecule has 0 atom stereocenters. The van der Waals surface area contributed by atoms with Crippen LogP contribution in [0.3, 0.4) is 0 Å². The van der Waals surface area contributed by atoms with E-state index >= 15 is 0 Å². The Morgan fingerprint density at radius 2 is 1.67 bits per heavy atom. The Hall–Kier alpha value is -1.67. The van der Waals surface area contributed by atoms with Gasteiger partial charge in [0.25, 0.3) is 0 Å². The molecule has 0 unspecified atom stereocenters. The minimum Gasteiger partial charge on any atom is -0.289 e. The molecule has 0 bridgehead atoms. The fourth-order valence-electron chi connectivity index (χ4n) is 1.93. The first-order chi connectivity index (χ1) is 8.47. The summed E-state index contributed by atoms with van der Waals surface area (Å²) in [5, 5.41) is 0.138. The van der Waals surface area contributed by atoms with Crippen molar-refractivity contribution >= 4 is 17.4 Å². The van der Waals surface area contributed by atoms with Gasteiger partial charge in [0.05, 0.1) is 5.02 Å². The highest BCUT2D eigenvalue weighted by molar-refractivity contribution is 6.35. The van der Waals surface area contributed by atoms with Gasteiger partial charge in [-0.2, -0.15) is 0 Å². The molecule has 2 aromatic rings. The summed E-state index contributed by atoms with van der Waals surface area (Å²) in [6.45, 7) is 3.85. The fourth-order valence-corrected chi connectivity index (χ4v) is 2.19. The van der Waals surface area contributed by atoms with E-state index in [1.54, 1.807) is 12.1 Å². The van der Waals surface area contributed by atoms with Crippen LogP contribution < -0.4 is 0 Å². The first-order valence-electron chi connectivity index (χ1n) is 5.55. The van der Waals surface area contributed by atoms with E-state index in [-0.39, 0.29) is 10.8 Å². The Morgan fingerprint density at radius 3 is 2.22 bits per heavy atom. The zero-order valence-electron chi connectivity index (χ0n) is 10.1. The lowest BCUT2D eigenvalue weighted by atomic mass is 9.99. The fraction of sp³-hybridized carbons (Fsp3) is 0.133. The molecule has 0 amide bonds. The highest BCUT2D eigenvalue weighted by Gasteiger charge is 2.14. The zero-order chi connectivity index (χ0) is 13.3.